The zero-order chi connectivity index (χ0) is 19.5. The summed E-state index contributed by atoms with van der Waals surface area (Å²) < 4.78 is 27.2. The van der Waals surface area contributed by atoms with Crippen LogP contribution in [-0.4, -0.2) is 63.2 Å². The van der Waals surface area contributed by atoms with E-state index in [0.717, 1.165) is 11.1 Å². The Kier molecular flexibility index (Phi) is 6.41. The van der Waals surface area contributed by atoms with E-state index in [4.69, 9.17) is 0 Å². The minimum absolute atomic E-state index is 0.0103. The van der Waals surface area contributed by atoms with Crippen molar-refractivity contribution in [2.45, 2.75) is 31.6 Å². The molecule has 1 aliphatic rings. The van der Waals surface area contributed by atoms with Gasteiger partial charge in [-0.15, -0.1) is 0 Å². The second-order valence-electron chi connectivity index (χ2n) is 6.81. The molecule has 1 saturated heterocycles. The van der Waals surface area contributed by atoms with Crippen molar-refractivity contribution in [2.75, 3.05) is 33.7 Å². The number of nitrogens with zero attached hydrogens (tertiary/aromatic N) is 2. The molecule has 0 aromatic heterocycles. The number of piperidine rings is 1. The molecule has 144 valence electrons. The fourth-order valence-corrected chi connectivity index (χ4v) is 4.93. The summed E-state index contributed by atoms with van der Waals surface area (Å²) in [6.07, 6.45) is 0.919. The van der Waals surface area contributed by atoms with E-state index in [-0.39, 0.29) is 24.3 Å². The second kappa shape index (κ2) is 8.18. The molecule has 0 saturated carbocycles. The Hall–Kier alpha value is -1.93. The first-order chi connectivity index (χ1) is 12.2. The number of carbonyl (C=O) groups is 2. The summed E-state index contributed by atoms with van der Waals surface area (Å²) in [5.41, 5.74) is 1.75. The van der Waals surface area contributed by atoms with Gasteiger partial charge in [0.1, 0.15) is 0 Å². The largest absolute Gasteiger partial charge is 0.358 e. The van der Waals surface area contributed by atoms with Crippen LogP contribution in [-0.2, 0) is 19.6 Å². The van der Waals surface area contributed by atoms with Crippen LogP contribution in [0.5, 0.6) is 0 Å². The molecule has 0 spiro atoms. The lowest BCUT2D eigenvalue weighted by molar-refractivity contribution is -0.138. The molecule has 2 rings (SSSR count). The summed E-state index contributed by atoms with van der Waals surface area (Å²) in [6, 6.07) is 5.30. The Balaban J connectivity index is 2.03. The van der Waals surface area contributed by atoms with E-state index < -0.39 is 10.0 Å². The van der Waals surface area contributed by atoms with Crippen LogP contribution in [0.2, 0.25) is 0 Å². The zero-order valence-corrected chi connectivity index (χ0v) is 16.6. The molecule has 1 heterocycles. The number of carbonyl (C=O) groups excluding carboxylic acids is 2. The molecule has 7 nitrogen and oxygen atoms in total. The highest BCUT2D eigenvalue weighted by Gasteiger charge is 2.34. The van der Waals surface area contributed by atoms with Gasteiger partial charge >= 0.3 is 0 Å². The summed E-state index contributed by atoms with van der Waals surface area (Å²) >= 11 is 0. The highest BCUT2D eigenvalue weighted by molar-refractivity contribution is 7.89. The van der Waals surface area contributed by atoms with Gasteiger partial charge in [0.15, 0.2) is 0 Å². The normalized spacial score (nSPS) is 16.3. The van der Waals surface area contributed by atoms with Crippen LogP contribution in [0.1, 0.15) is 24.0 Å². The Labute approximate surface area is 155 Å². The van der Waals surface area contributed by atoms with E-state index in [1.807, 2.05) is 13.0 Å². The predicted octanol–water partition coefficient (Wildman–Crippen LogP) is 0.909. The minimum Gasteiger partial charge on any atom is -0.358 e. The van der Waals surface area contributed by atoms with Gasteiger partial charge in [-0.1, -0.05) is 17.7 Å². The summed E-state index contributed by atoms with van der Waals surface area (Å²) in [4.78, 5) is 25.6. The lowest BCUT2D eigenvalue weighted by Gasteiger charge is -2.32. The Bertz CT molecular complexity index is 784. The van der Waals surface area contributed by atoms with Crippen LogP contribution in [0, 0.1) is 19.8 Å². The number of hydrogen-bond acceptors (Lipinski definition) is 4. The molecular formula is C18H27N3O4S. The molecule has 8 heteroatoms. The van der Waals surface area contributed by atoms with E-state index >= 15 is 0 Å². The van der Waals surface area contributed by atoms with Gasteiger partial charge in [0.2, 0.25) is 21.8 Å². The molecule has 26 heavy (non-hydrogen) atoms. The quantitative estimate of drug-likeness (QED) is 0.821. The maximum Gasteiger partial charge on any atom is 0.243 e. The molecule has 0 unspecified atom stereocenters. The third-order valence-electron chi connectivity index (χ3n) is 4.79. The Morgan fingerprint density at radius 3 is 2.38 bits per heavy atom. The van der Waals surface area contributed by atoms with Gasteiger partial charge in [-0.3, -0.25) is 9.59 Å². The number of nitrogens with one attached hydrogen (secondary N) is 1. The highest BCUT2D eigenvalue weighted by atomic mass is 32.2. The van der Waals surface area contributed by atoms with Gasteiger partial charge in [0.05, 0.1) is 11.4 Å². The Morgan fingerprint density at radius 1 is 1.23 bits per heavy atom. The van der Waals surface area contributed by atoms with Crippen molar-refractivity contribution in [2.24, 2.45) is 5.92 Å². The van der Waals surface area contributed by atoms with Crippen LogP contribution in [0.15, 0.2) is 23.1 Å². The summed E-state index contributed by atoms with van der Waals surface area (Å²) in [5, 5.41) is 2.49. The molecule has 0 bridgehead atoms. The van der Waals surface area contributed by atoms with E-state index in [9.17, 15) is 18.0 Å². The first-order valence-electron chi connectivity index (χ1n) is 8.69. The lowest BCUT2D eigenvalue weighted by atomic mass is 9.97. The van der Waals surface area contributed by atoms with Crippen molar-refractivity contribution in [3.05, 3.63) is 29.3 Å². The van der Waals surface area contributed by atoms with Crippen LogP contribution in [0.3, 0.4) is 0 Å². The summed E-state index contributed by atoms with van der Waals surface area (Å²) in [6.45, 7) is 4.34. The number of benzene rings is 1. The molecule has 0 radical (unpaired) electrons. The Morgan fingerprint density at radius 2 is 1.85 bits per heavy atom. The lowest BCUT2D eigenvalue weighted by Crippen LogP contribution is -2.45. The van der Waals surface area contributed by atoms with Crippen LogP contribution < -0.4 is 5.32 Å². The molecule has 1 aromatic rings. The molecule has 0 atom stereocenters. The van der Waals surface area contributed by atoms with Crippen LogP contribution >= 0.6 is 0 Å². The van der Waals surface area contributed by atoms with Crippen molar-refractivity contribution in [3.63, 3.8) is 0 Å². The van der Waals surface area contributed by atoms with E-state index in [0.29, 0.717) is 30.8 Å². The SMILES string of the molecule is CNC(=O)CN(C)C(=O)C1CCN(S(=O)(=O)c2ccc(C)cc2C)CC1. The third-order valence-corrected chi connectivity index (χ3v) is 6.85. The average molecular weight is 381 g/mol. The van der Waals surface area contributed by atoms with Crippen molar-refractivity contribution < 1.29 is 18.0 Å². The second-order valence-corrected chi connectivity index (χ2v) is 8.72. The number of rotatable bonds is 5. The van der Waals surface area contributed by atoms with Gasteiger partial charge in [-0.2, -0.15) is 4.31 Å². The maximum atomic E-state index is 12.9. The molecule has 1 aromatic carbocycles. The topological polar surface area (TPSA) is 86.8 Å². The predicted molar refractivity (Wildman–Crippen MR) is 99.1 cm³/mol. The van der Waals surface area contributed by atoms with Gasteiger partial charge in [-0.05, 0) is 38.3 Å². The number of hydrogen-bond donors (Lipinski definition) is 1. The van der Waals surface area contributed by atoms with E-state index in [1.54, 1.807) is 26.1 Å². The number of sulfonamides is 1. The van der Waals surface area contributed by atoms with Crippen molar-refractivity contribution in [1.82, 2.24) is 14.5 Å². The summed E-state index contributed by atoms with van der Waals surface area (Å²) in [7, 11) is -0.439. The fourth-order valence-electron chi connectivity index (χ4n) is 3.26. The van der Waals surface area contributed by atoms with Gasteiger partial charge < -0.3 is 10.2 Å². The standard InChI is InChI=1S/C18H27N3O4S/c1-13-5-6-16(14(2)11-13)26(24,25)21-9-7-15(8-10-21)18(23)20(4)12-17(22)19-3/h5-6,11,15H,7-10,12H2,1-4H3,(H,19,22). The molecule has 1 N–H and O–H groups in total. The maximum absolute atomic E-state index is 12.9. The van der Waals surface area contributed by atoms with Crippen molar-refractivity contribution in [1.29, 1.82) is 0 Å². The first kappa shape index (κ1) is 20.4. The van der Waals surface area contributed by atoms with Gasteiger partial charge in [-0.25, -0.2) is 8.42 Å². The fraction of sp³-hybridized carbons (Fsp3) is 0.556. The molecule has 2 amide bonds. The molecule has 0 aliphatic carbocycles. The smallest absolute Gasteiger partial charge is 0.243 e. The summed E-state index contributed by atoms with van der Waals surface area (Å²) in [5.74, 6) is -0.594. The zero-order valence-electron chi connectivity index (χ0n) is 15.8. The van der Waals surface area contributed by atoms with Crippen LogP contribution in [0.25, 0.3) is 0 Å². The molecule has 1 fully saturated rings. The van der Waals surface area contributed by atoms with E-state index in [2.05, 4.69) is 5.32 Å². The van der Waals surface area contributed by atoms with Gasteiger partial charge in [0, 0.05) is 33.1 Å². The van der Waals surface area contributed by atoms with E-state index in [1.165, 1.54) is 16.3 Å². The highest BCUT2D eigenvalue weighted by Crippen LogP contribution is 2.26. The number of likely N-dealkylation sites (N-methyl/N-ethyl adjacent to an activating group) is 2. The molecule has 1 aliphatic heterocycles. The van der Waals surface area contributed by atoms with Crippen molar-refractivity contribution >= 4 is 21.8 Å². The molecular weight excluding hydrogens is 354 g/mol. The number of amides is 2. The van der Waals surface area contributed by atoms with Crippen LogP contribution in [0.4, 0.5) is 0 Å². The van der Waals surface area contributed by atoms with Crippen molar-refractivity contribution in [3.8, 4) is 0 Å². The average Bonchev–Trinajstić information content (AvgIpc) is 2.60. The first-order valence-corrected chi connectivity index (χ1v) is 10.1. The minimum atomic E-state index is -3.56. The third kappa shape index (κ3) is 4.42. The monoisotopic (exact) mass is 381 g/mol. The van der Waals surface area contributed by atoms with Gasteiger partial charge in [0.25, 0.3) is 0 Å². The number of aryl methyl sites for hydroxylation is 2.